The molecule has 134 valence electrons. The fourth-order valence-electron chi connectivity index (χ4n) is 3.75. The summed E-state index contributed by atoms with van der Waals surface area (Å²) in [6.45, 7) is 2.24. The van der Waals surface area contributed by atoms with E-state index in [1.54, 1.807) is 10.7 Å². The minimum Gasteiger partial charge on any atom is -0.370 e. The van der Waals surface area contributed by atoms with Gasteiger partial charge in [-0.15, -0.1) is 0 Å². The number of aliphatic imine (C=N–C) groups is 1. The van der Waals surface area contributed by atoms with Gasteiger partial charge in [0, 0.05) is 23.7 Å². The lowest BCUT2D eigenvalue weighted by Gasteiger charge is -2.18. The molecule has 0 amide bonds. The molecule has 2 fully saturated rings. The number of anilines is 1. The van der Waals surface area contributed by atoms with Crippen LogP contribution in [-0.2, 0) is 0 Å². The van der Waals surface area contributed by atoms with Crippen LogP contribution in [0.1, 0.15) is 50.6 Å². The molecule has 0 aromatic carbocycles. The van der Waals surface area contributed by atoms with Gasteiger partial charge in [0.1, 0.15) is 10.8 Å². The molecule has 0 saturated heterocycles. The predicted octanol–water partition coefficient (Wildman–Crippen LogP) is 2.50. The zero-order valence-electron chi connectivity index (χ0n) is 14.3. The van der Waals surface area contributed by atoms with E-state index in [1.807, 2.05) is 0 Å². The van der Waals surface area contributed by atoms with E-state index in [1.165, 1.54) is 12.8 Å². The van der Waals surface area contributed by atoms with Gasteiger partial charge in [0.2, 0.25) is 0 Å². The number of nitrogens with zero attached hydrogens (tertiary/aromatic N) is 4. The van der Waals surface area contributed by atoms with E-state index in [0.29, 0.717) is 22.6 Å². The molecule has 0 radical (unpaired) electrons. The Morgan fingerprint density at radius 1 is 1.36 bits per heavy atom. The highest BCUT2D eigenvalue weighted by Crippen LogP contribution is 2.42. The van der Waals surface area contributed by atoms with Crippen molar-refractivity contribution in [3.63, 3.8) is 0 Å². The Kier molecular flexibility index (Phi) is 4.19. The van der Waals surface area contributed by atoms with Crippen LogP contribution in [0.5, 0.6) is 0 Å². The second-order valence-electron chi connectivity index (χ2n) is 7.28. The number of aromatic nitrogens is 3. The number of guanidine groups is 1. The van der Waals surface area contributed by atoms with Crippen LogP contribution in [0, 0.1) is 5.92 Å². The largest absolute Gasteiger partial charge is 0.370 e. The number of fused-ring (bicyclic) bond motifs is 1. The molecular weight excluding hydrogens is 338 g/mol. The lowest BCUT2D eigenvalue weighted by atomic mass is 10.0. The smallest absolute Gasteiger partial charge is 0.186 e. The maximum absolute atomic E-state index is 6.29. The summed E-state index contributed by atoms with van der Waals surface area (Å²) in [6.07, 6.45) is 7.13. The van der Waals surface area contributed by atoms with Gasteiger partial charge in [-0.1, -0.05) is 18.5 Å². The van der Waals surface area contributed by atoms with Gasteiger partial charge >= 0.3 is 0 Å². The Labute approximate surface area is 151 Å². The van der Waals surface area contributed by atoms with Crippen molar-refractivity contribution in [3.8, 4) is 0 Å². The van der Waals surface area contributed by atoms with E-state index in [9.17, 15) is 0 Å². The molecule has 8 heteroatoms. The topological polar surface area (TPSA) is 107 Å². The maximum atomic E-state index is 6.29. The third-order valence-corrected chi connectivity index (χ3v) is 5.60. The maximum Gasteiger partial charge on any atom is 0.186 e. The van der Waals surface area contributed by atoms with Crippen LogP contribution >= 0.6 is 11.6 Å². The van der Waals surface area contributed by atoms with Crippen LogP contribution in [0.25, 0.3) is 5.65 Å². The molecule has 25 heavy (non-hydrogen) atoms. The Morgan fingerprint density at radius 3 is 2.88 bits per heavy atom. The summed E-state index contributed by atoms with van der Waals surface area (Å²) in [6, 6.07) is 2.62. The van der Waals surface area contributed by atoms with Gasteiger partial charge < -0.3 is 16.8 Å². The summed E-state index contributed by atoms with van der Waals surface area (Å²) in [5, 5.41) is 8.57. The van der Waals surface area contributed by atoms with Crippen molar-refractivity contribution in [2.24, 2.45) is 22.4 Å². The Bertz CT molecular complexity index is 807. The van der Waals surface area contributed by atoms with Crippen LogP contribution in [0.3, 0.4) is 0 Å². The number of hydrogen-bond acceptors (Lipinski definition) is 4. The number of hydrogen-bond donors (Lipinski definition) is 3. The van der Waals surface area contributed by atoms with Crippen molar-refractivity contribution < 1.29 is 0 Å². The second kappa shape index (κ2) is 6.37. The quantitative estimate of drug-likeness (QED) is 0.560. The lowest BCUT2D eigenvalue weighted by Crippen LogP contribution is -2.25. The fourth-order valence-corrected chi connectivity index (χ4v) is 3.92. The van der Waals surface area contributed by atoms with Gasteiger partial charge in [-0.2, -0.15) is 9.61 Å². The minimum absolute atomic E-state index is 0.163. The first-order valence-corrected chi connectivity index (χ1v) is 9.28. The molecular formula is C17H24ClN7. The number of halogens is 1. The van der Waals surface area contributed by atoms with Gasteiger partial charge in [0.15, 0.2) is 11.6 Å². The zero-order chi connectivity index (χ0) is 17.6. The second-order valence-corrected chi connectivity index (χ2v) is 7.69. The molecule has 2 aromatic heterocycles. The third-order valence-electron chi connectivity index (χ3n) is 5.33. The first kappa shape index (κ1) is 16.4. The van der Waals surface area contributed by atoms with Gasteiger partial charge in [-0.3, -0.25) is 4.99 Å². The molecule has 0 bridgehead atoms. The van der Waals surface area contributed by atoms with E-state index in [-0.39, 0.29) is 12.0 Å². The Hall–Kier alpha value is -2.02. The average Bonchev–Trinajstić information content (AvgIpc) is 3.23. The van der Waals surface area contributed by atoms with Gasteiger partial charge in [-0.25, -0.2) is 4.98 Å². The molecule has 1 unspecified atom stereocenters. The molecule has 2 aromatic rings. The molecule has 2 aliphatic rings. The fraction of sp³-hybridized carbons (Fsp3) is 0.588. The molecule has 0 spiro atoms. The summed E-state index contributed by atoms with van der Waals surface area (Å²) < 4.78 is 1.79. The van der Waals surface area contributed by atoms with Crippen LogP contribution in [-0.4, -0.2) is 32.6 Å². The summed E-state index contributed by atoms with van der Waals surface area (Å²) >= 11 is 6.29. The number of rotatable bonds is 5. The lowest BCUT2D eigenvalue weighted by molar-refractivity contribution is 0.641. The van der Waals surface area contributed by atoms with Crippen molar-refractivity contribution in [2.75, 3.05) is 5.32 Å². The molecule has 2 aliphatic carbocycles. The summed E-state index contributed by atoms with van der Waals surface area (Å²) in [5.74, 6) is 2.28. The predicted molar refractivity (Wildman–Crippen MR) is 100.0 cm³/mol. The van der Waals surface area contributed by atoms with Crippen LogP contribution < -0.4 is 16.8 Å². The van der Waals surface area contributed by atoms with Crippen molar-refractivity contribution >= 4 is 29.0 Å². The molecule has 7 nitrogen and oxygen atoms in total. The molecule has 3 atom stereocenters. The highest BCUT2D eigenvalue weighted by atomic mass is 35.5. The average molecular weight is 362 g/mol. The van der Waals surface area contributed by atoms with Crippen LogP contribution in [0.4, 0.5) is 5.82 Å². The monoisotopic (exact) mass is 361 g/mol. The third kappa shape index (κ3) is 3.38. The SMILES string of the molecule is CC(c1cc(N[C@H]2CC[C@H](N=C(N)N)C2)n2ncc(Cl)c2n1)C1CC1. The Morgan fingerprint density at radius 2 is 2.16 bits per heavy atom. The van der Waals surface area contributed by atoms with E-state index in [4.69, 9.17) is 28.1 Å². The molecule has 0 aliphatic heterocycles. The number of nitrogens with one attached hydrogen (secondary N) is 1. The molecule has 5 N–H and O–H groups in total. The van der Waals surface area contributed by atoms with Crippen molar-refractivity contribution in [1.29, 1.82) is 0 Å². The molecule has 2 heterocycles. The van der Waals surface area contributed by atoms with Gasteiger partial charge in [0.05, 0.1) is 12.2 Å². The van der Waals surface area contributed by atoms with Gasteiger partial charge in [0.25, 0.3) is 0 Å². The van der Waals surface area contributed by atoms with E-state index < -0.39 is 0 Å². The standard InChI is InChI=1S/C17H24ClN7/c1-9(10-2-3-10)14-7-15(25-16(24-14)13(18)8-21-25)22-11-4-5-12(6-11)23-17(19)20/h7-12,22H,2-6H2,1H3,(H4,19,20,23)/t9?,11-,12-/m0/s1. The highest BCUT2D eigenvalue weighted by Gasteiger charge is 2.31. The van der Waals surface area contributed by atoms with E-state index >= 15 is 0 Å². The van der Waals surface area contributed by atoms with Crippen molar-refractivity contribution in [2.45, 2.75) is 57.0 Å². The highest BCUT2D eigenvalue weighted by molar-refractivity contribution is 6.33. The van der Waals surface area contributed by atoms with Crippen LogP contribution in [0.2, 0.25) is 5.02 Å². The molecule has 2 saturated carbocycles. The van der Waals surface area contributed by atoms with Crippen molar-refractivity contribution in [1.82, 2.24) is 14.6 Å². The summed E-state index contributed by atoms with van der Waals surface area (Å²) in [4.78, 5) is 9.05. The normalized spacial score (nSPS) is 24.4. The van der Waals surface area contributed by atoms with Crippen molar-refractivity contribution in [3.05, 3.63) is 23.0 Å². The Balaban J connectivity index is 1.61. The van der Waals surface area contributed by atoms with Gasteiger partial charge in [-0.05, 0) is 38.0 Å². The zero-order valence-corrected chi connectivity index (χ0v) is 15.1. The summed E-state index contributed by atoms with van der Waals surface area (Å²) in [5.41, 5.74) is 12.8. The van der Waals surface area contributed by atoms with E-state index in [2.05, 4.69) is 28.4 Å². The number of nitrogens with two attached hydrogens (primary N) is 2. The van der Waals surface area contributed by atoms with Crippen LogP contribution in [0.15, 0.2) is 17.3 Å². The minimum atomic E-state index is 0.163. The van der Waals surface area contributed by atoms with E-state index in [0.717, 1.165) is 36.7 Å². The first-order chi connectivity index (χ1) is 12.0. The molecule has 4 rings (SSSR count). The first-order valence-electron chi connectivity index (χ1n) is 8.90. The summed E-state index contributed by atoms with van der Waals surface area (Å²) in [7, 11) is 0.